The summed E-state index contributed by atoms with van der Waals surface area (Å²) in [4.78, 5) is 0. The van der Waals surface area contributed by atoms with E-state index < -0.39 is 0 Å². The third kappa shape index (κ3) is 22.6. The first-order valence-corrected chi connectivity index (χ1v) is 4.36. The zero-order valence-electron chi connectivity index (χ0n) is 7.95. The third-order valence-corrected chi connectivity index (χ3v) is 1.68. The van der Waals surface area contributed by atoms with Crippen molar-refractivity contribution in [2.75, 3.05) is 5.88 Å². The van der Waals surface area contributed by atoms with Gasteiger partial charge in [0, 0.05) is 5.88 Å². The average Bonchev–Trinajstić information content (AvgIpc) is 1.80. The molecule has 0 nitrogen and oxygen atoms in total. The molecular formula is C8H17Cl3Mg. The molecule has 0 fully saturated rings. The maximum Gasteiger partial charge on any atom is 2.00 e. The molecule has 4 heteroatoms. The first kappa shape index (κ1) is 23.4. The van der Waals surface area contributed by atoms with Crippen LogP contribution in [0.25, 0.3) is 0 Å². The zero-order chi connectivity index (χ0) is 7.11. The molecule has 0 N–H and O–H groups in total. The van der Waals surface area contributed by atoms with Gasteiger partial charge < -0.3 is 24.8 Å². The Morgan fingerprint density at radius 3 is 1.83 bits per heavy atom. The molecule has 0 radical (unpaired) electrons. The molecular weight excluding hydrogens is 227 g/mol. The molecule has 0 aliphatic carbocycles. The molecule has 0 aliphatic rings. The average molecular weight is 244 g/mol. The largest absolute Gasteiger partial charge is 2.00 e. The molecule has 0 rings (SSSR count). The minimum Gasteiger partial charge on any atom is -1.00 e. The second-order valence-corrected chi connectivity index (χ2v) is 3.31. The van der Waals surface area contributed by atoms with Crippen LogP contribution in [0.5, 0.6) is 0 Å². The van der Waals surface area contributed by atoms with Gasteiger partial charge in [0.25, 0.3) is 0 Å². The van der Waals surface area contributed by atoms with E-state index in [0.717, 1.165) is 11.8 Å². The fraction of sp³-hybridized carbons (Fsp3) is 1.00. The summed E-state index contributed by atoms with van der Waals surface area (Å²) in [7, 11) is 0. The van der Waals surface area contributed by atoms with Crippen molar-refractivity contribution >= 4 is 34.7 Å². The summed E-state index contributed by atoms with van der Waals surface area (Å²) in [6, 6.07) is 0. The zero-order valence-corrected chi connectivity index (χ0v) is 11.6. The maximum atomic E-state index is 5.52. The number of rotatable bonds is 5. The van der Waals surface area contributed by atoms with E-state index in [1.165, 1.54) is 25.7 Å². The second kappa shape index (κ2) is 18.4. The van der Waals surface area contributed by atoms with Gasteiger partial charge in [-0.25, -0.2) is 0 Å². The van der Waals surface area contributed by atoms with Gasteiger partial charge in [-0.15, -0.1) is 11.6 Å². The van der Waals surface area contributed by atoms with Crippen molar-refractivity contribution in [3.63, 3.8) is 0 Å². The van der Waals surface area contributed by atoms with Crippen LogP contribution in [-0.4, -0.2) is 28.9 Å². The molecule has 0 atom stereocenters. The van der Waals surface area contributed by atoms with E-state index in [2.05, 4.69) is 13.8 Å². The topological polar surface area (TPSA) is 0 Å². The Kier molecular flexibility index (Phi) is 36.0. The quantitative estimate of drug-likeness (QED) is 0.276. The van der Waals surface area contributed by atoms with Gasteiger partial charge >= 0.3 is 23.1 Å². The van der Waals surface area contributed by atoms with E-state index in [9.17, 15) is 0 Å². The van der Waals surface area contributed by atoms with Gasteiger partial charge in [-0.3, -0.25) is 0 Å². The van der Waals surface area contributed by atoms with Crippen molar-refractivity contribution < 1.29 is 24.8 Å². The van der Waals surface area contributed by atoms with Gasteiger partial charge in [0.1, 0.15) is 0 Å². The summed E-state index contributed by atoms with van der Waals surface area (Å²) in [5.41, 5.74) is 0. The molecule has 0 aromatic heterocycles. The van der Waals surface area contributed by atoms with Crippen LogP contribution in [0.1, 0.15) is 39.5 Å². The molecule has 0 unspecified atom stereocenters. The van der Waals surface area contributed by atoms with E-state index in [1.807, 2.05) is 0 Å². The summed E-state index contributed by atoms with van der Waals surface area (Å²) in [6.45, 7) is 4.53. The Bertz CT molecular complexity index is 60.3. The number of alkyl halides is 1. The van der Waals surface area contributed by atoms with Gasteiger partial charge in [0.05, 0.1) is 0 Å². The summed E-state index contributed by atoms with van der Waals surface area (Å²) in [5, 5.41) is 0. The van der Waals surface area contributed by atoms with Crippen LogP contribution >= 0.6 is 11.6 Å². The Morgan fingerprint density at radius 2 is 1.50 bits per heavy atom. The first-order chi connectivity index (χ1) is 4.27. The molecule has 72 valence electrons. The SMILES string of the molecule is CC(C)CCCCCCl.[Cl-].[Cl-].[Mg+2]. The number of hydrogen-bond donors (Lipinski definition) is 0. The number of unbranched alkanes of at least 4 members (excludes halogenated alkanes) is 2. The van der Waals surface area contributed by atoms with Gasteiger partial charge in [0.15, 0.2) is 0 Å². The molecule has 0 amide bonds. The molecule has 0 heterocycles. The molecule has 12 heavy (non-hydrogen) atoms. The van der Waals surface area contributed by atoms with Gasteiger partial charge in [0.2, 0.25) is 0 Å². The van der Waals surface area contributed by atoms with Crippen molar-refractivity contribution in [3.8, 4) is 0 Å². The van der Waals surface area contributed by atoms with Crippen molar-refractivity contribution in [1.29, 1.82) is 0 Å². The number of halogens is 3. The van der Waals surface area contributed by atoms with Crippen molar-refractivity contribution in [2.45, 2.75) is 39.5 Å². The van der Waals surface area contributed by atoms with Crippen LogP contribution in [0.15, 0.2) is 0 Å². The van der Waals surface area contributed by atoms with Crippen molar-refractivity contribution in [2.24, 2.45) is 5.92 Å². The molecule has 0 aliphatic heterocycles. The van der Waals surface area contributed by atoms with E-state index in [4.69, 9.17) is 11.6 Å². The van der Waals surface area contributed by atoms with Crippen LogP contribution in [-0.2, 0) is 0 Å². The van der Waals surface area contributed by atoms with Crippen LogP contribution in [0.3, 0.4) is 0 Å². The minimum atomic E-state index is 0. The first-order valence-electron chi connectivity index (χ1n) is 3.83. The standard InChI is InChI=1S/C8H17Cl.2ClH.Mg/c1-8(2)6-4-3-5-7-9;;;/h8H,3-7H2,1-2H3;2*1H;/q;;;+2/p-2. The van der Waals surface area contributed by atoms with Crippen LogP contribution < -0.4 is 24.8 Å². The fourth-order valence-corrected chi connectivity index (χ4v) is 1.01. The number of hydrogen-bond acceptors (Lipinski definition) is 0. The Balaban J connectivity index is -0.000000107. The predicted molar refractivity (Wildman–Crippen MR) is 49.8 cm³/mol. The van der Waals surface area contributed by atoms with Crippen LogP contribution in [0.2, 0.25) is 0 Å². The van der Waals surface area contributed by atoms with Gasteiger partial charge in [-0.05, 0) is 12.3 Å². The summed E-state index contributed by atoms with van der Waals surface area (Å²) >= 11 is 5.52. The van der Waals surface area contributed by atoms with Crippen LogP contribution in [0.4, 0.5) is 0 Å². The van der Waals surface area contributed by atoms with Gasteiger partial charge in [-0.2, -0.15) is 0 Å². The normalized spacial score (nSPS) is 8.00. The summed E-state index contributed by atoms with van der Waals surface area (Å²) in [6.07, 6.45) is 5.21. The molecule has 0 saturated carbocycles. The molecule has 0 aromatic rings. The molecule has 0 bridgehead atoms. The van der Waals surface area contributed by atoms with E-state index in [1.54, 1.807) is 0 Å². The second-order valence-electron chi connectivity index (χ2n) is 2.93. The van der Waals surface area contributed by atoms with Gasteiger partial charge in [-0.1, -0.05) is 33.1 Å². The minimum absolute atomic E-state index is 0. The monoisotopic (exact) mass is 242 g/mol. The molecule has 0 spiro atoms. The van der Waals surface area contributed by atoms with E-state index >= 15 is 0 Å². The fourth-order valence-electron chi connectivity index (χ4n) is 0.824. The van der Waals surface area contributed by atoms with Crippen molar-refractivity contribution in [3.05, 3.63) is 0 Å². The summed E-state index contributed by atoms with van der Waals surface area (Å²) < 4.78 is 0. The predicted octanol–water partition coefficient (Wildman–Crippen LogP) is -2.93. The molecule has 0 saturated heterocycles. The van der Waals surface area contributed by atoms with Crippen LogP contribution in [0, 0.1) is 5.92 Å². The Morgan fingerprint density at radius 1 is 1.00 bits per heavy atom. The van der Waals surface area contributed by atoms with Crippen molar-refractivity contribution in [1.82, 2.24) is 0 Å². The summed E-state index contributed by atoms with van der Waals surface area (Å²) in [5.74, 6) is 1.69. The van der Waals surface area contributed by atoms with E-state index in [-0.39, 0.29) is 47.9 Å². The Hall–Kier alpha value is 1.64. The smallest absolute Gasteiger partial charge is 1.00 e. The Labute approximate surface area is 110 Å². The maximum absolute atomic E-state index is 5.52. The molecule has 0 aromatic carbocycles. The third-order valence-electron chi connectivity index (χ3n) is 1.42. The van der Waals surface area contributed by atoms with E-state index in [0.29, 0.717) is 0 Å².